The smallest absolute Gasteiger partial charge is 0.252 e. The minimum atomic E-state index is -3.44. The van der Waals surface area contributed by atoms with Gasteiger partial charge in [-0.15, -0.1) is 11.3 Å². The molecular formula is C14H24N2O3S2. The second-order valence-corrected chi connectivity index (χ2v) is 8.77. The van der Waals surface area contributed by atoms with Crippen molar-refractivity contribution >= 4 is 21.4 Å². The molecule has 1 aromatic heterocycles. The molecule has 2 atom stereocenters. The summed E-state index contributed by atoms with van der Waals surface area (Å²) in [6, 6.07) is 1.71. The Morgan fingerprint density at radius 3 is 2.81 bits per heavy atom. The van der Waals surface area contributed by atoms with Crippen LogP contribution in [0.5, 0.6) is 0 Å². The van der Waals surface area contributed by atoms with Crippen LogP contribution in [0.4, 0.5) is 0 Å². The molecule has 1 N–H and O–H groups in total. The molecule has 1 saturated heterocycles. The van der Waals surface area contributed by atoms with Gasteiger partial charge in [0.2, 0.25) is 0 Å². The van der Waals surface area contributed by atoms with E-state index in [0.29, 0.717) is 10.8 Å². The second-order valence-electron chi connectivity index (χ2n) is 5.41. The molecule has 1 aliphatic heterocycles. The Balaban J connectivity index is 2.22. The number of aryl methyl sites for hydroxylation is 1. The molecule has 120 valence electrons. The zero-order valence-electron chi connectivity index (χ0n) is 13.0. The molecule has 2 rings (SSSR count). The van der Waals surface area contributed by atoms with Gasteiger partial charge in [-0.25, -0.2) is 8.42 Å². The second kappa shape index (κ2) is 6.75. The first-order valence-corrected chi connectivity index (χ1v) is 9.53. The van der Waals surface area contributed by atoms with Gasteiger partial charge in [0, 0.05) is 25.1 Å². The van der Waals surface area contributed by atoms with Gasteiger partial charge in [-0.05, 0) is 38.4 Å². The molecule has 21 heavy (non-hydrogen) atoms. The van der Waals surface area contributed by atoms with Crippen molar-refractivity contribution in [3.8, 4) is 0 Å². The quantitative estimate of drug-likeness (QED) is 0.865. The number of hydrogen-bond acceptors (Lipinski definition) is 5. The predicted molar refractivity (Wildman–Crippen MR) is 85.2 cm³/mol. The SMILES string of the molecule is CCNCc1sc(S(=O)(=O)N(C)C2CCOC2C)cc1C. The van der Waals surface area contributed by atoms with Crippen molar-refractivity contribution in [1.29, 1.82) is 0 Å². The van der Waals surface area contributed by atoms with E-state index in [-0.39, 0.29) is 12.1 Å². The highest BCUT2D eigenvalue weighted by atomic mass is 32.2. The monoisotopic (exact) mass is 332 g/mol. The third-order valence-electron chi connectivity index (χ3n) is 3.97. The molecule has 2 heterocycles. The van der Waals surface area contributed by atoms with E-state index in [1.165, 1.54) is 15.6 Å². The summed E-state index contributed by atoms with van der Waals surface area (Å²) in [6.07, 6.45) is 0.706. The zero-order valence-corrected chi connectivity index (χ0v) is 14.7. The largest absolute Gasteiger partial charge is 0.377 e. The third kappa shape index (κ3) is 3.48. The molecule has 0 saturated carbocycles. The highest BCUT2D eigenvalue weighted by molar-refractivity contribution is 7.91. The number of nitrogens with one attached hydrogen (secondary N) is 1. The molecule has 1 aromatic rings. The summed E-state index contributed by atoms with van der Waals surface area (Å²) in [5, 5.41) is 3.24. The minimum absolute atomic E-state index is 0.0490. The molecule has 0 aromatic carbocycles. The van der Waals surface area contributed by atoms with Crippen LogP contribution in [-0.2, 0) is 21.3 Å². The summed E-state index contributed by atoms with van der Waals surface area (Å²) in [7, 11) is -1.78. The molecule has 0 radical (unpaired) electrons. The number of rotatable bonds is 6. The van der Waals surface area contributed by atoms with E-state index in [1.807, 2.05) is 20.8 Å². The van der Waals surface area contributed by atoms with Crippen LogP contribution in [0.1, 0.15) is 30.7 Å². The topological polar surface area (TPSA) is 58.6 Å². The Morgan fingerprint density at radius 1 is 1.52 bits per heavy atom. The van der Waals surface area contributed by atoms with Gasteiger partial charge in [0.25, 0.3) is 10.0 Å². The van der Waals surface area contributed by atoms with Crippen LogP contribution in [0.3, 0.4) is 0 Å². The molecule has 1 aliphatic rings. The Kier molecular flexibility index (Phi) is 5.43. The molecule has 1 fully saturated rings. The number of hydrogen-bond donors (Lipinski definition) is 1. The highest BCUT2D eigenvalue weighted by Gasteiger charge is 2.36. The van der Waals surface area contributed by atoms with E-state index in [1.54, 1.807) is 13.1 Å². The van der Waals surface area contributed by atoms with Crippen LogP contribution < -0.4 is 5.32 Å². The van der Waals surface area contributed by atoms with Gasteiger partial charge in [0.05, 0.1) is 12.1 Å². The molecule has 5 nitrogen and oxygen atoms in total. The fourth-order valence-electron chi connectivity index (χ4n) is 2.55. The average Bonchev–Trinajstić information content (AvgIpc) is 3.02. The van der Waals surface area contributed by atoms with Crippen LogP contribution in [0.15, 0.2) is 10.3 Å². The Morgan fingerprint density at radius 2 is 2.24 bits per heavy atom. The standard InChI is InChI=1S/C14H24N2O3S2/c1-5-15-9-13-10(2)8-14(20-13)21(17,18)16(4)12-6-7-19-11(12)3/h8,11-12,15H,5-7,9H2,1-4H3. The minimum Gasteiger partial charge on any atom is -0.377 e. The van der Waals surface area contributed by atoms with Crippen LogP contribution >= 0.6 is 11.3 Å². The maximum atomic E-state index is 12.8. The summed E-state index contributed by atoms with van der Waals surface area (Å²) in [5.74, 6) is 0. The maximum Gasteiger partial charge on any atom is 0.252 e. The van der Waals surface area contributed by atoms with Crippen LogP contribution in [0.2, 0.25) is 0 Å². The highest BCUT2D eigenvalue weighted by Crippen LogP contribution is 2.31. The van der Waals surface area contributed by atoms with E-state index >= 15 is 0 Å². The van der Waals surface area contributed by atoms with E-state index in [0.717, 1.165) is 30.0 Å². The maximum absolute atomic E-state index is 12.8. The molecule has 0 amide bonds. The Bertz CT molecular complexity index is 583. The number of nitrogens with zero attached hydrogens (tertiary/aromatic N) is 1. The number of sulfonamides is 1. The molecule has 0 spiro atoms. The van der Waals surface area contributed by atoms with Gasteiger partial charge in [0.15, 0.2) is 0 Å². The van der Waals surface area contributed by atoms with Crippen molar-refractivity contribution in [2.24, 2.45) is 0 Å². The van der Waals surface area contributed by atoms with E-state index in [9.17, 15) is 8.42 Å². The van der Waals surface area contributed by atoms with Gasteiger partial charge in [-0.1, -0.05) is 6.92 Å². The van der Waals surface area contributed by atoms with Gasteiger partial charge in [0.1, 0.15) is 4.21 Å². The number of ether oxygens (including phenoxy) is 1. The van der Waals surface area contributed by atoms with Crippen molar-refractivity contribution in [3.63, 3.8) is 0 Å². The van der Waals surface area contributed by atoms with Gasteiger partial charge < -0.3 is 10.1 Å². The summed E-state index contributed by atoms with van der Waals surface area (Å²) in [4.78, 5) is 1.08. The lowest BCUT2D eigenvalue weighted by Gasteiger charge is -2.25. The lowest BCUT2D eigenvalue weighted by atomic mass is 10.2. The first-order chi connectivity index (χ1) is 9.87. The van der Waals surface area contributed by atoms with Crippen molar-refractivity contribution in [2.75, 3.05) is 20.2 Å². The molecule has 0 aliphatic carbocycles. The number of likely N-dealkylation sites (N-methyl/N-ethyl adjacent to an activating group) is 1. The Hall–Kier alpha value is -0.470. The summed E-state index contributed by atoms with van der Waals surface area (Å²) in [6.45, 7) is 8.14. The van der Waals surface area contributed by atoms with Crippen LogP contribution in [0.25, 0.3) is 0 Å². The van der Waals surface area contributed by atoms with Crippen molar-refractivity contribution in [2.45, 2.75) is 50.1 Å². The van der Waals surface area contributed by atoms with Gasteiger partial charge in [-0.2, -0.15) is 4.31 Å². The van der Waals surface area contributed by atoms with Crippen molar-refractivity contribution in [3.05, 3.63) is 16.5 Å². The molecule has 7 heteroatoms. The van der Waals surface area contributed by atoms with E-state index in [2.05, 4.69) is 5.32 Å². The van der Waals surface area contributed by atoms with Crippen LogP contribution in [0, 0.1) is 6.92 Å². The van der Waals surface area contributed by atoms with Crippen LogP contribution in [-0.4, -0.2) is 45.1 Å². The molecule has 2 unspecified atom stereocenters. The van der Waals surface area contributed by atoms with E-state index < -0.39 is 10.0 Å². The lowest BCUT2D eigenvalue weighted by Crippen LogP contribution is -2.40. The summed E-state index contributed by atoms with van der Waals surface area (Å²) in [5.41, 5.74) is 1.03. The molecule has 0 bridgehead atoms. The fraction of sp³-hybridized carbons (Fsp3) is 0.714. The third-order valence-corrected chi connectivity index (χ3v) is 7.54. The summed E-state index contributed by atoms with van der Waals surface area (Å²) < 4.78 is 32.9. The fourth-order valence-corrected chi connectivity index (χ4v) is 5.74. The van der Waals surface area contributed by atoms with Gasteiger partial charge >= 0.3 is 0 Å². The Labute approximate surface area is 131 Å². The summed E-state index contributed by atoms with van der Waals surface area (Å²) >= 11 is 1.36. The van der Waals surface area contributed by atoms with Gasteiger partial charge in [-0.3, -0.25) is 0 Å². The molecular weight excluding hydrogens is 308 g/mol. The first-order valence-electron chi connectivity index (χ1n) is 7.27. The van der Waals surface area contributed by atoms with Crippen molar-refractivity contribution < 1.29 is 13.2 Å². The predicted octanol–water partition coefficient (Wildman–Crippen LogP) is 1.96. The van der Waals surface area contributed by atoms with E-state index in [4.69, 9.17) is 4.74 Å². The number of thiophene rings is 1. The first kappa shape index (κ1) is 16.9. The lowest BCUT2D eigenvalue weighted by molar-refractivity contribution is 0.102. The normalized spacial score (nSPS) is 23.1. The average molecular weight is 332 g/mol. The van der Waals surface area contributed by atoms with Crippen molar-refractivity contribution in [1.82, 2.24) is 9.62 Å². The zero-order chi connectivity index (χ0) is 15.6.